The second kappa shape index (κ2) is 6.75. The van der Waals surface area contributed by atoms with Gasteiger partial charge in [-0.25, -0.2) is 0 Å². The van der Waals surface area contributed by atoms with E-state index in [1.165, 1.54) is 0 Å². The van der Waals surface area contributed by atoms with Crippen molar-refractivity contribution >= 4 is 0 Å². The highest BCUT2D eigenvalue weighted by molar-refractivity contribution is 5.14. The van der Waals surface area contributed by atoms with Crippen LogP contribution in [0, 0.1) is 5.92 Å². The van der Waals surface area contributed by atoms with Crippen molar-refractivity contribution in [2.75, 3.05) is 26.4 Å². The Morgan fingerprint density at radius 3 is 2.42 bits per heavy atom. The molecular weight excluding hydrogens is 324 g/mol. The molecule has 9 nitrogen and oxygen atoms in total. The third-order valence-electron chi connectivity index (χ3n) is 5.80. The van der Waals surface area contributed by atoms with Gasteiger partial charge >= 0.3 is 0 Å². The molecule has 0 aromatic carbocycles. The Morgan fingerprint density at radius 1 is 1.08 bits per heavy atom. The van der Waals surface area contributed by atoms with Crippen LogP contribution in [0.4, 0.5) is 0 Å². The van der Waals surface area contributed by atoms with E-state index in [-0.39, 0.29) is 18.9 Å². The lowest BCUT2D eigenvalue weighted by atomic mass is 9.82. The van der Waals surface area contributed by atoms with Crippen LogP contribution in [0.1, 0.15) is 19.3 Å². The molecule has 1 saturated carbocycles. The highest BCUT2D eigenvalue weighted by atomic mass is 16.7. The normalized spacial score (nSPS) is 51.2. The zero-order valence-electron chi connectivity index (χ0n) is 13.3. The first-order valence-corrected chi connectivity index (χ1v) is 8.28. The molecule has 9 heteroatoms. The number of hydrogen-bond donors (Lipinski definition) is 6. The third kappa shape index (κ3) is 2.68. The van der Waals surface area contributed by atoms with Crippen LogP contribution < -0.4 is 0 Å². The maximum Gasteiger partial charge on any atom is 0.186 e. The smallest absolute Gasteiger partial charge is 0.186 e. The Morgan fingerprint density at radius 2 is 1.83 bits per heavy atom. The van der Waals surface area contributed by atoms with Crippen molar-refractivity contribution in [3.63, 3.8) is 0 Å². The Labute approximate surface area is 139 Å². The van der Waals surface area contributed by atoms with Gasteiger partial charge in [0.25, 0.3) is 0 Å². The van der Waals surface area contributed by atoms with Gasteiger partial charge in [-0.15, -0.1) is 0 Å². The lowest BCUT2D eigenvalue weighted by Gasteiger charge is -2.40. The molecule has 0 radical (unpaired) electrons. The van der Waals surface area contributed by atoms with Crippen LogP contribution in [0.2, 0.25) is 0 Å². The van der Waals surface area contributed by atoms with Crippen LogP contribution in [-0.4, -0.2) is 99.0 Å². The predicted molar refractivity (Wildman–Crippen MR) is 77.8 cm³/mol. The van der Waals surface area contributed by atoms with Crippen LogP contribution in [-0.2, 0) is 14.2 Å². The lowest BCUT2D eigenvalue weighted by Crippen LogP contribution is -2.59. The lowest BCUT2D eigenvalue weighted by molar-refractivity contribution is -0.303. The Bertz CT molecular complexity index is 437. The van der Waals surface area contributed by atoms with Crippen molar-refractivity contribution in [3.8, 4) is 0 Å². The fourth-order valence-electron chi connectivity index (χ4n) is 4.14. The van der Waals surface area contributed by atoms with Crippen molar-refractivity contribution in [1.82, 2.24) is 0 Å². The van der Waals surface area contributed by atoms with Gasteiger partial charge in [-0.1, -0.05) is 0 Å². The van der Waals surface area contributed by atoms with Gasteiger partial charge in [0.05, 0.1) is 26.4 Å². The second-order valence-corrected chi connectivity index (χ2v) is 6.94. The summed E-state index contributed by atoms with van der Waals surface area (Å²) in [5, 5.41) is 58.8. The quantitative estimate of drug-likeness (QED) is 0.296. The minimum absolute atomic E-state index is 0.0533. The maximum atomic E-state index is 10.7. The summed E-state index contributed by atoms with van der Waals surface area (Å²) in [6, 6.07) is 0. The van der Waals surface area contributed by atoms with E-state index < -0.39 is 55.1 Å². The number of fused-ring (bicyclic) bond motifs is 2. The van der Waals surface area contributed by atoms with E-state index in [9.17, 15) is 25.5 Å². The van der Waals surface area contributed by atoms with Gasteiger partial charge in [0.2, 0.25) is 0 Å². The summed E-state index contributed by atoms with van der Waals surface area (Å²) >= 11 is 0. The first-order chi connectivity index (χ1) is 11.4. The molecule has 3 fully saturated rings. The summed E-state index contributed by atoms with van der Waals surface area (Å²) in [4.78, 5) is 0. The average Bonchev–Trinajstić information content (AvgIpc) is 3.02. The van der Waals surface area contributed by atoms with E-state index in [0.29, 0.717) is 13.0 Å². The summed E-state index contributed by atoms with van der Waals surface area (Å²) in [6.07, 6.45) is -4.97. The number of aliphatic hydroxyl groups excluding tert-OH is 5. The first kappa shape index (κ1) is 18.4. The largest absolute Gasteiger partial charge is 0.394 e. The zero-order valence-corrected chi connectivity index (χ0v) is 13.3. The molecule has 140 valence electrons. The van der Waals surface area contributed by atoms with E-state index in [1.54, 1.807) is 0 Å². The summed E-state index contributed by atoms with van der Waals surface area (Å²) in [6.45, 7) is -0.476. The fraction of sp³-hybridized carbons (Fsp3) is 1.00. The minimum atomic E-state index is -1.49. The van der Waals surface area contributed by atoms with Crippen LogP contribution in [0.5, 0.6) is 0 Å². The number of ether oxygens (including phenoxy) is 3. The molecule has 1 aliphatic carbocycles. The fourth-order valence-corrected chi connectivity index (χ4v) is 4.14. The molecule has 6 N–H and O–H groups in total. The van der Waals surface area contributed by atoms with E-state index in [0.717, 1.165) is 6.42 Å². The molecule has 0 aromatic rings. The Hall–Kier alpha value is -0.360. The molecule has 8 atom stereocenters. The molecule has 0 aromatic heterocycles. The van der Waals surface area contributed by atoms with Gasteiger partial charge in [-0.3, -0.25) is 0 Å². The van der Waals surface area contributed by atoms with Crippen molar-refractivity contribution in [3.05, 3.63) is 0 Å². The molecule has 2 saturated heterocycles. The van der Waals surface area contributed by atoms with E-state index in [1.807, 2.05) is 0 Å². The second-order valence-electron chi connectivity index (χ2n) is 6.94. The molecule has 0 amide bonds. The molecule has 3 rings (SSSR count). The zero-order chi connectivity index (χ0) is 17.5. The number of rotatable bonds is 6. The van der Waals surface area contributed by atoms with Gasteiger partial charge in [0.15, 0.2) is 6.29 Å². The van der Waals surface area contributed by atoms with Crippen molar-refractivity contribution in [1.29, 1.82) is 0 Å². The average molecular weight is 350 g/mol. The molecule has 2 bridgehead atoms. The number of hydrogen-bond acceptors (Lipinski definition) is 9. The van der Waals surface area contributed by atoms with Crippen LogP contribution in [0.3, 0.4) is 0 Å². The molecule has 3 aliphatic rings. The van der Waals surface area contributed by atoms with Gasteiger partial charge in [0.1, 0.15) is 35.6 Å². The Kier molecular flexibility index (Phi) is 5.18. The van der Waals surface area contributed by atoms with Gasteiger partial charge in [-0.05, 0) is 12.8 Å². The SMILES string of the molecule is OC[C@H]1O[C@@H](OCC[C@]23CC[C@H](CO2)[C@]3(O)CO)[C@H](O)[C@@H](O)[C@@H]1O. The standard InChI is InChI=1S/C15H26O9/c16-5-9-10(18)11(19)12(20)13(24-9)22-4-3-14-2-1-8(6-23-14)15(14,21)7-17/h8-13,16-21H,1-7H2/t8-,9-,10-,11+,12-,13-,14+,15-/m1/s1. The van der Waals surface area contributed by atoms with Crippen LogP contribution in [0.25, 0.3) is 0 Å². The first-order valence-electron chi connectivity index (χ1n) is 8.28. The third-order valence-corrected chi connectivity index (χ3v) is 5.80. The van der Waals surface area contributed by atoms with E-state index >= 15 is 0 Å². The van der Waals surface area contributed by atoms with Gasteiger partial charge in [0, 0.05) is 12.3 Å². The van der Waals surface area contributed by atoms with Gasteiger partial charge in [-0.2, -0.15) is 0 Å². The monoisotopic (exact) mass is 350 g/mol. The highest BCUT2D eigenvalue weighted by Gasteiger charge is 2.64. The molecule has 24 heavy (non-hydrogen) atoms. The topological polar surface area (TPSA) is 149 Å². The molecule has 0 spiro atoms. The van der Waals surface area contributed by atoms with Gasteiger partial charge < -0.3 is 44.8 Å². The van der Waals surface area contributed by atoms with Crippen molar-refractivity contribution < 1.29 is 44.8 Å². The molecule has 0 unspecified atom stereocenters. The van der Waals surface area contributed by atoms with Crippen LogP contribution >= 0.6 is 0 Å². The molecular formula is C15H26O9. The van der Waals surface area contributed by atoms with Crippen molar-refractivity contribution in [2.45, 2.75) is 61.2 Å². The predicted octanol–water partition coefficient (Wildman–Crippen LogP) is -2.90. The van der Waals surface area contributed by atoms with E-state index in [4.69, 9.17) is 19.3 Å². The number of aliphatic hydroxyl groups is 6. The van der Waals surface area contributed by atoms with Crippen LogP contribution in [0.15, 0.2) is 0 Å². The molecule has 2 heterocycles. The summed E-state index contributed by atoms with van der Waals surface area (Å²) in [5.41, 5.74) is -2.19. The summed E-state index contributed by atoms with van der Waals surface area (Å²) < 4.78 is 16.4. The minimum Gasteiger partial charge on any atom is -0.394 e. The van der Waals surface area contributed by atoms with E-state index in [2.05, 4.69) is 0 Å². The summed E-state index contributed by atoms with van der Waals surface area (Å²) in [7, 11) is 0. The Balaban J connectivity index is 1.58. The highest BCUT2D eigenvalue weighted by Crippen LogP contribution is 2.53. The molecule has 2 aliphatic heterocycles. The summed E-state index contributed by atoms with van der Waals surface area (Å²) in [5.74, 6) is -0.102. The maximum absolute atomic E-state index is 10.7. The van der Waals surface area contributed by atoms with Crippen molar-refractivity contribution in [2.24, 2.45) is 5.92 Å².